The molecule has 0 heterocycles. The van der Waals surface area contributed by atoms with E-state index in [0.29, 0.717) is 18.9 Å². The van der Waals surface area contributed by atoms with Gasteiger partial charge in [-0.25, -0.2) is 0 Å². The predicted molar refractivity (Wildman–Crippen MR) is 65.8 cm³/mol. The van der Waals surface area contributed by atoms with Gasteiger partial charge in [0.05, 0.1) is 12.2 Å². The minimum Gasteiger partial charge on any atom is -0.380 e. The van der Waals surface area contributed by atoms with Gasteiger partial charge in [0.2, 0.25) is 0 Å². The maximum atomic E-state index is 12.6. The second kappa shape index (κ2) is 6.09. The molecule has 1 atom stereocenters. The van der Waals surface area contributed by atoms with Crippen LogP contribution in [0.1, 0.15) is 25.0 Å². The van der Waals surface area contributed by atoms with E-state index in [2.05, 4.69) is 5.32 Å². The van der Waals surface area contributed by atoms with Gasteiger partial charge >= 0.3 is 6.18 Å². The number of benzene rings is 1. The molecular formula is C13H18F3NO. The maximum Gasteiger partial charge on any atom is 0.416 e. The Labute approximate surface area is 105 Å². The predicted octanol–water partition coefficient (Wildman–Crippen LogP) is 3.85. The fourth-order valence-corrected chi connectivity index (χ4v) is 1.56. The Bertz CT molecular complexity index is 390. The molecule has 0 saturated carbocycles. The van der Waals surface area contributed by atoms with E-state index < -0.39 is 11.7 Å². The number of alkyl halides is 3. The number of halogens is 3. The van der Waals surface area contributed by atoms with Gasteiger partial charge in [-0.05, 0) is 38.5 Å². The summed E-state index contributed by atoms with van der Waals surface area (Å²) in [6, 6.07) is 3.66. The minimum atomic E-state index is -4.31. The molecule has 0 aromatic heterocycles. The molecule has 0 aliphatic rings. The first kappa shape index (κ1) is 14.8. The third-order valence-electron chi connectivity index (χ3n) is 2.54. The van der Waals surface area contributed by atoms with Gasteiger partial charge in [0.25, 0.3) is 0 Å². The van der Waals surface area contributed by atoms with Gasteiger partial charge in [-0.2, -0.15) is 13.2 Å². The number of hydrogen-bond donors (Lipinski definition) is 1. The lowest BCUT2D eigenvalue weighted by molar-refractivity contribution is -0.137. The fraction of sp³-hybridized carbons (Fsp3) is 0.538. The maximum absolute atomic E-state index is 12.6. The van der Waals surface area contributed by atoms with Crippen molar-refractivity contribution < 1.29 is 17.9 Å². The topological polar surface area (TPSA) is 21.3 Å². The molecule has 0 bridgehead atoms. The van der Waals surface area contributed by atoms with Crippen molar-refractivity contribution in [2.75, 3.05) is 18.5 Å². The molecule has 1 aromatic rings. The van der Waals surface area contributed by atoms with Gasteiger partial charge in [0.1, 0.15) is 0 Å². The fourth-order valence-electron chi connectivity index (χ4n) is 1.56. The molecule has 2 nitrogen and oxygen atoms in total. The van der Waals surface area contributed by atoms with Crippen LogP contribution in [0.15, 0.2) is 18.2 Å². The Hall–Kier alpha value is -1.23. The quantitative estimate of drug-likeness (QED) is 0.869. The first-order valence-electron chi connectivity index (χ1n) is 5.86. The van der Waals surface area contributed by atoms with E-state index in [1.54, 1.807) is 6.92 Å². The summed E-state index contributed by atoms with van der Waals surface area (Å²) in [6.07, 6.45) is -4.31. The van der Waals surface area contributed by atoms with E-state index in [1.807, 2.05) is 13.8 Å². The summed E-state index contributed by atoms with van der Waals surface area (Å²) < 4.78 is 43.0. The van der Waals surface area contributed by atoms with Gasteiger partial charge in [-0.1, -0.05) is 6.07 Å². The lowest BCUT2D eigenvalue weighted by Crippen LogP contribution is -2.22. The molecular weight excluding hydrogens is 243 g/mol. The third kappa shape index (κ3) is 4.22. The normalized spacial score (nSPS) is 13.4. The standard InChI is InChI=1S/C13H18F3NO/c1-4-18-8-10(3)17-12-7-11(13(14,15)16)6-5-9(12)2/h5-7,10,17H,4,8H2,1-3H3. The highest BCUT2D eigenvalue weighted by molar-refractivity contribution is 5.53. The first-order chi connectivity index (χ1) is 8.34. The highest BCUT2D eigenvalue weighted by Crippen LogP contribution is 2.32. The van der Waals surface area contributed by atoms with Gasteiger partial charge in [0, 0.05) is 18.3 Å². The third-order valence-corrected chi connectivity index (χ3v) is 2.54. The summed E-state index contributed by atoms with van der Waals surface area (Å²) in [5.41, 5.74) is 0.641. The van der Waals surface area contributed by atoms with Crippen molar-refractivity contribution in [3.63, 3.8) is 0 Å². The van der Waals surface area contributed by atoms with Crippen molar-refractivity contribution in [2.24, 2.45) is 0 Å². The van der Waals surface area contributed by atoms with Gasteiger partial charge in [-0.3, -0.25) is 0 Å². The lowest BCUT2D eigenvalue weighted by atomic mass is 10.1. The van der Waals surface area contributed by atoms with E-state index in [-0.39, 0.29) is 6.04 Å². The molecule has 0 aliphatic heterocycles. The highest BCUT2D eigenvalue weighted by atomic mass is 19.4. The Kier molecular flexibility index (Phi) is 5.02. The summed E-state index contributed by atoms with van der Waals surface area (Å²) in [5, 5.41) is 3.03. The van der Waals surface area contributed by atoms with E-state index in [0.717, 1.165) is 17.7 Å². The van der Waals surface area contributed by atoms with Crippen LogP contribution < -0.4 is 5.32 Å². The minimum absolute atomic E-state index is 0.0351. The number of anilines is 1. The van der Waals surface area contributed by atoms with Gasteiger partial charge < -0.3 is 10.1 Å². The van der Waals surface area contributed by atoms with Crippen molar-refractivity contribution in [2.45, 2.75) is 33.0 Å². The molecule has 0 amide bonds. The number of rotatable bonds is 5. The van der Waals surface area contributed by atoms with Crippen LogP contribution in [0.25, 0.3) is 0 Å². The summed E-state index contributed by atoms with van der Waals surface area (Å²) >= 11 is 0. The van der Waals surface area contributed by atoms with E-state index in [9.17, 15) is 13.2 Å². The number of ether oxygens (including phenoxy) is 1. The summed E-state index contributed by atoms with van der Waals surface area (Å²) in [5.74, 6) is 0. The molecule has 0 radical (unpaired) electrons. The first-order valence-corrected chi connectivity index (χ1v) is 5.86. The zero-order valence-corrected chi connectivity index (χ0v) is 10.8. The van der Waals surface area contributed by atoms with Gasteiger partial charge in [0.15, 0.2) is 0 Å². The largest absolute Gasteiger partial charge is 0.416 e. The molecule has 1 N–H and O–H groups in total. The Morgan fingerprint density at radius 1 is 1.33 bits per heavy atom. The van der Waals surface area contributed by atoms with Crippen LogP contribution in [-0.4, -0.2) is 19.3 Å². The number of nitrogens with one attached hydrogen (secondary N) is 1. The Balaban J connectivity index is 2.81. The molecule has 1 aromatic carbocycles. The number of hydrogen-bond acceptors (Lipinski definition) is 2. The SMILES string of the molecule is CCOCC(C)Nc1cc(C(F)(F)F)ccc1C. The second-order valence-electron chi connectivity index (χ2n) is 4.23. The van der Waals surface area contributed by atoms with Crippen molar-refractivity contribution >= 4 is 5.69 Å². The van der Waals surface area contributed by atoms with E-state index in [4.69, 9.17) is 4.74 Å². The van der Waals surface area contributed by atoms with Crippen LogP contribution >= 0.6 is 0 Å². The Morgan fingerprint density at radius 2 is 2.00 bits per heavy atom. The summed E-state index contributed by atoms with van der Waals surface area (Å²) in [6.45, 7) is 6.58. The molecule has 18 heavy (non-hydrogen) atoms. The zero-order chi connectivity index (χ0) is 13.8. The lowest BCUT2D eigenvalue weighted by Gasteiger charge is -2.18. The van der Waals surface area contributed by atoms with E-state index >= 15 is 0 Å². The van der Waals surface area contributed by atoms with Crippen LogP contribution in [0, 0.1) is 6.92 Å². The van der Waals surface area contributed by atoms with Crippen LogP contribution in [0.5, 0.6) is 0 Å². The second-order valence-corrected chi connectivity index (χ2v) is 4.23. The van der Waals surface area contributed by atoms with Crippen molar-refractivity contribution in [1.82, 2.24) is 0 Å². The zero-order valence-electron chi connectivity index (χ0n) is 10.8. The van der Waals surface area contributed by atoms with Gasteiger partial charge in [-0.15, -0.1) is 0 Å². The molecule has 5 heteroatoms. The molecule has 102 valence electrons. The van der Waals surface area contributed by atoms with Crippen LogP contribution in [-0.2, 0) is 10.9 Å². The molecule has 1 unspecified atom stereocenters. The van der Waals surface area contributed by atoms with Crippen molar-refractivity contribution in [1.29, 1.82) is 0 Å². The average Bonchev–Trinajstić information content (AvgIpc) is 2.28. The van der Waals surface area contributed by atoms with Crippen LogP contribution in [0.2, 0.25) is 0 Å². The highest BCUT2D eigenvalue weighted by Gasteiger charge is 2.30. The number of aryl methyl sites for hydroxylation is 1. The molecule has 0 spiro atoms. The van der Waals surface area contributed by atoms with Crippen LogP contribution in [0.3, 0.4) is 0 Å². The Morgan fingerprint density at radius 3 is 2.56 bits per heavy atom. The smallest absolute Gasteiger partial charge is 0.380 e. The summed E-state index contributed by atoms with van der Waals surface area (Å²) in [7, 11) is 0. The van der Waals surface area contributed by atoms with Crippen molar-refractivity contribution in [3.8, 4) is 0 Å². The van der Waals surface area contributed by atoms with Crippen LogP contribution in [0.4, 0.5) is 18.9 Å². The molecule has 0 fully saturated rings. The van der Waals surface area contributed by atoms with Crippen molar-refractivity contribution in [3.05, 3.63) is 29.3 Å². The monoisotopic (exact) mass is 261 g/mol. The molecule has 0 aliphatic carbocycles. The summed E-state index contributed by atoms with van der Waals surface area (Å²) in [4.78, 5) is 0. The average molecular weight is 261 g/mol. The molecule has 0 saturated heterocycles. The van der Waals surface area contributed by atoms with E-state index in [1.165, 1.54) is 6.07 Å². The molecule has 1 rings (SSSR count).